The normalized spacial score (nSPS) is 23.7. The van der Waals surface area contributed by atoms with E-state index in [4.69, 9.17) is 14.2 Å². The highest BCUT2D eigenvalue weighted by molar-refractivity contribution is 6.00. The molecule has 1 unspecified atom stereocenters. The van der Waals surface area contributed by atoms with Crippen molar-refractivity contribution in [2.75, 3.05) is 33.8 Å². The standard InChI is InChI=1S/C75H98FN13O15/c1-43-64(93)86-58(42-81-72(101)104-74(6,7)8)66(95)83-55-36-48-14-12-15-49(34-48)40-80-60(90)27-26-59(88(10)69(98)57(84-65(55)94)37-50-41-78-54-25-22-51(76)38-53(50)54)67(96)87-63(44(2)103-73(3,4)5)68(97)85-56(35-46-20-23-52(102-11)24-21-46)70(99)89-33-13-31-75(89,9)71(100)77-32-30-45-16-18-47(19-17-45)39-79-61(91)28-29-62(92)82-43/h12,14-25,34,38,41,43-44,55-59,63,78H,13,26-33,35-37,39-40,42H2,1-11H3,(H,77,100)(H,79,91)(H,80,90)(H,81,101)(H,82,92)(H,83,95)(H,84,94)(H,85,97)(H,86,93)(H,87,96)/t43-,44+,55?,56-,57-,58+,59-,63-,75-/m0/s1. The zero-order valence-electron chi connectivity index (χ0n) is 60.9. The molecule has 5 aromatic rings. The van der Waals surface area contributed by atoms with E-state index in [0.29, 0.717) is 51.7 Å². The van der Waals surface area contributed by atoms with Gasteiger partial charge in [-0.1, -0.05) is 60.7 Å². The maximum Gasteiger partial charge on any atom is 0.407 e. The molecule has 28 nitrogen and oxygen atoms in total. The highest BCUT2D eigenvalue weighted by atomic mass is 19.1. The minimum absolute atomic E-state index is 0.0721. The summed E-state index contributed by atoms with van der Waals surface area (Å²) in [5, 5.41) is 27.8. The van der Waals surface area contributed by atoms with Gasteiger partial charge in [0.2, 0.25) is 65.0 Å². The molecule has 560 valence electrons. The van der Waals surface area contributed by atoms with Gasteiger partial charge in [0.1, 0.15) is 65.0 Å². The lowest BCUT2D eigenvalue weighted by molar-refractivity contribution is -0.148. The number of H-pyrrole nitrogens is 1. The SMILES string of the molecule is COc1ccc(C[C@@H]2NC(=O)[C@H]([C@@H](C)OC(C)(C)C)NC(=O)[C@@H]3CCC(=O)NCc4cccc(c4)CC(NC(=O)[C@@H](CNC(=O)OC(C)(C)C)NC(=O)[C@H](C)NC(=O)CCC(=O)NCc4ccc(cc4)CCNC(=O)[C@]4(C)CCCN4C2=O)C(=O)N[C@@H](Cc2c[nH]c4ccc(F)cc24)C(=O)N3C)cc1. The Kier molecular flexibility index (Phi) is 26.8. The Morgan fingerprint density at radius 3 is 1.99 bits per heavy atom. The van der Waals surface area contributed by atoms with Crippen LogP contribution in [-0.2, 0) is 101 Å². The van der Waals surface area contributed by atoms with Crippen LogP contribution in [0.15, 0.2) is 97.2 Å². The Balaban J connectivity index is 1.21. The number of amides is 12. The number of carbonyl (C=O) groups excluding carboxylic acids is 12. The predicted molar refractivity (Wildman–Crippen MR) is 382 cm³/mol. The number of rotatable bonds is 9. The van der Waals surface area contributed by atoms with E-state index in [1.165, 1.54) is 50.4 Å². The summed E-state index contributed by atoms with van der Waals surface area (Å²) in [7, 11) is 2.77. The fourth-order valence-electron chi connectivity index (χ4n) is 12.8. The molecule has 0 radical (unpaired) electrons. The molecular formula is C75H98FN13O15. The van der Waals surface area contributed by atoms with E-state index in [9.17, 15) is 33.6 Å². The van der Waals surface area contributed by atoms with Crippen LogP contribution in [-0.4, -0.2) is 185 Å². The lowest BCUT2D eigenvalue weighted by Crippen LogP contribution is -2.64. The summed E-state index contributed by atoms with van der Waals surface area (Å²) >= 11 is 0. The Labute approximate surface area is 604 Å². The molecule has 9 atom stereocenters. The average Bonchev–Trinajstić information content (AvgIpc) is 1.58. The van der Waals surface area contributed by atoms with Gasteiger partial charge < -0.3 is 82.2 Å². The number of benzene rings is 4. The third-order valence-electron chi connectivity index (χ3n) is 18.3. The van der Waals surface area contributed by atoms with Crippen molar-refractivity contribution < 1.29 is 76.1 Å². The summed E-state index contributed by atoms with van der Waals surface area (Å²) in [5.41, 5.74) is 0.594. The number of hydrogen-bond acceptors (Lipinski definition) is 15. The number of alkyl carbamates (subject to hydrolysis) is 1. The number of carbonyl (C=O) groups is 12. The second-order valence-corrected chi connectivity index (χ2v) is 28.9. The second-order valence-electron chi connectivity index (χ2n) is 28.9. The van der Waals surface area contributed by atoms with Crippen molar-refractivity contribution in [2.24, 2.45) is 0 Å². The quantitative estimate of drug-likeness (QED) is 0.0943. The fraction of sp³-hybridized carbons (Fsp3) is 0.493. The maximum absolute atomic E-state index is 15.7. The molecule has 104 heavy (non-hydrogen) atoms. The van der Waals surface area contributed by atoms with Gasteiger partial charge in [0, 0.05) is 88.9 Å². The molecule has 5 heterocycles. The number of methoxy groups -OCH3 is 1. The minimum Gasteiger partial charge on any atom is -0.497 e. The number of likely N-dealkylation sites (N-methyl/N-ethyl adjacent to an activating group) is 1. The topological polar surface area (TPSA) is 375 Å². The van der Waals surface area contributed by atoms with Crippen LogP contribution in [0.5, 0.6) is 5.75 Å². The summed E-state index contributed by atoms with van der Waals surface area (Å²) in [6.07, 6.45) is -1.68. The largest absolute Gasteiger partial charge is 0.497 e. The molecule has 1 aromatic heterocycles. The molecule has 4 aliphatic rings. The highest BCUT2D eigenvalue weighted by Crippen LogP contribution is 2.31. The van der Waals surface area contributed by atoms with Gasteiger partial charge >= 0.3 is 6.09 Å². The van der Waals surface area contributed by atoms with Gasteiger partial charge in [-0.05, 0) is 152 Å². The van der Waals surface area contributed by atoms with Crippen LogP contribution in [0.25, 0.3) is 10.9 Å². The Hall–Kier alpha value is -10.5. The smallest absolute Gasteiger partial charge is 0.407 e. The van der Waals surface area contributed by atoms with E-state index in [1.54, 1.807) is 116 Å². The Morgan fingerprint density at radius 2 is 1.30 bits per heavy atom. The lowest BCUT2D eigenvalue weighted by atomic mass is 9.95. The third kappa shape index (κ3) is 22.3. The van der Waals surface area contributed by atoms with Gasteiger partial charge in [0.25, 0.3) is 0 Å². The van der Waals surface area contributed by atoms with Crippen LogP contribution in [0.3, 0.4) is 0 Å². The van der Waals surface area contributed by atoms with Crippen molar-refractivity contribution in [3.8, 4) is 5.75 Å². The predicted octanol–water partition coefficient (Wildman–Crippen LogP) is 3.39. The van der Waals surface area contributed by atoms with Gasteiger partial charge in [0.05, 0.1) is 25.4 Å². The van der Waals surface area contributed by atoms with Gasteiger partial charge in [-0.3, -0.25) is 52.7 Å². The van der Waals surface area contributed by atoms with Crippen molar-refractivity contribution in [2.45, 2.75) is 205 Å². The summed E-state index contributed by atoms with van der Waals surface area (Å²) in [6, 6.07) is 13.7. The van der Waals surface area contributed by atoms with Crippen LogP contribution < -0.4 is 57.9 Å². The summed E-state index contributed by atoms with van der Waals surface area (Å²) in [4.78, 5) is 180. The van der Waals surface area contributed by atoms with E-state index in [1.807, 2.05) is 12.1 Å². The number of nitrogens with zero attached hydrogens (tertiary/aromatic N) is 2. The van der Waals surface area contributed by atoms with Crippen molar-refractivity contribution in [1.29, 1.82) is 0 Å². The van der Waals surface area contributed by atoms with Gasteiger partial charge in [-0.25, -0.2) is 9.18 Å². The molecule has 0 saturated carbocycles. The van der Waals surface area contributed by atoms with Crippen molar-refractivity contribution >= 4 is 82.0 Å². The summed E-state index contributed by atoms with van der Waals surface area (Å²) < 4.78 is 32.4. The first-order valence-electron chi connectivity index (χ1n) is 35.1. The van der Waals surface area contributed by atoms with Crippen LogP contribution in [0.2, 0.25) is 0 Å². The molecule has 1 saturated heterocycles. The zero-order valence-corrected chi connectivity index (χ0v) is 60.9. The van der Waals surface area contributed by atoms with Crippen LogP contribution in [0.4, 0.5) is 9.18 Å². The minimum atomic E-state index is -1.70. The Morgan fingerprint density at radius 1 is 0.654 bits per heavy atom. The number of fused-ring (bicyclic) bond motifs is 26. The van der Waals surface area contributed by atoms with Crippen LogP contribution >= 0.6 is 0 Å². The van der Waals surface area contributed by atoms with Crippen molar-refractivity contribution in [3.63, 3.8) is 0 Å². The third-order valence-corrected chi connectivity index (χ3v) is 18.3. The number of halogens is 1. The molecule has 6 bridgehead atoms. The molecule has 0 spiro atoms. The van der Waals surface area contributed by atoms with E-state index in [-0.39, 0.29) is 77.5 Å². The van der Waals surface area contributed by atoms with Crippen molar-refractivity contribution in [3.05, 3.63) is 136 Å². The average molecular weight is 1440 g/mol. The number of ether oxygens (including phenoxy) is 3. The molecular weight excluding hydrogens is 1340 g/mol. The number of nitrogens with one attached hydrogen (secondary N) is 11. The van der Waals surface area contributed by atoms with Crippen LogP contribution in [0.1, 0.15) is 134 Å². The fourth-order valence-corrected chi connectivity index (χ4v) is 12.8. The lowest BCUT2D eigenvalue weighted by Gasteiger charge is -2.37. The molecule has 11 N–H and O–H groups in total. The highest BCUT2D eigenvalue weighted by Gasteiger charge is 2.48. The monoisotopic (exact) mass is 1440 g/mol. The summed E-state index contributed by atoms with van der Waals surface area (Å²) in [6.45, 7) is 14.3. The van der Waals surface area contributed by atoms with E-state index < -0.39 is 149 Å². The van der Waals surface area contributed by atoms with Gasteiger partial charge in [-0.15, -0.1) is 0 Å². The molecule has 12 amide bonds. The first-order valence-corrected chi connectivity index (χ1v) is 35.1. The summed E-state index contributed by atoms with van der Waals surface area (Å²) in [5.74, 6) is -8.60. The maximum atomic E-state index is 15.7. The molecule has 1 fully saturated rings. The first-order chi connectivity index (χ1) is 49.1. The molecule has 0 aliphatic carbocycles. The molecule has 9 rings (SSSR count). The molecule has 29 heteroatoms. The van der Waals surface area contributed by atoms with E-state index in [0.717, 1.165) is 16.0 Å². The number of hydrogen-bond donors (Lipinski definition) is 11. The van der Waals surface area contributed by atoms with E-state index >= 15 is 28.4 Å². The Bertz CT molecular complexity index is 3970. The molecule has 4 aliphatic heterocycles. The second kappa shape index (κ2) is 35.2. The zero-order chi connectivity index (χ0) is 75.8. The van der Waals surface area contributed by atoms with Gasteiger partial charge in [-0.2, -0.15) is 0 Å². The number of aromatic nitrogens is 1. The first kappa shape index (κ1) is 79.3. The van der Waals surface area contributed by atoms with Gasteiger partial charge in [0.15, 0.2) is 0 Å². The van der Waals surface area contributed by atoms with E-state index in [2.05, 4.69) is 58.2 Å². The number of aromatic amines is 1. The molecule has 4 aromatic carbocycles. The van der Waals surface area contributed by atoms with Crippen LogP contribution in [0, 0.1) is 5.82 Å². The van der Waals surface area contributed by atoms with Crippen molar-refractivity contribution in [1.82, 2.24) is 68.0 Å².